The lowest BCUT2D eigenvalue weighted by Crippen LogP contribution is -2.42. The Morgan fingerprint density at radius 2 is 1.74 bits per heavy atom. The van der Waals surface area contributed by atoms with E-state index in [0.29, 0.717) is 0 Å². The van der Waals surface area contributed by atoms with Gasteiger partial charge in [0.15, 0.2) is 6.10 Å². The number of nitro benzene ring substituents is 1. The average molecular weight is 470 g/mol. The summed E-state index contributed by atoms with van der Waals surface area (Å²) in [6.07, 6.45) is -1.32. The molecule has 31 heavy (non-hydrogen) atoms. The van der Waals surface area contributed by atoms with Crippen LogP contribution in [0.3, 0.4) is 0 Å². The minimum Gasteiger partial charge on any atom is -0.451 e. The molecule has 1 amide bonds. The van der Waals surface area contributed by atoms with Crippen molar-refractivity contribution in [3.8, 4) is 0 Å². The molecule has 0 aliphatic carbocycles. The largest absolute Gasteiger partial charge is 0.451 e. The number of nitro groups is 1. The number of nitrogens with zero attached hydrogens (tertiary/aromatic N) is 1. The maximum Gasteiger partial charge on any atom is 0.324 e. The monoisotopic (exact) mass is 469 g/mol. The number of carbonyl (C=O) groups is 2. The second-order valence-electron chi connectivity index (χ2n) is 6.65. The third kappa shape index (κ3) is 6.48. The van der Waals surface area contributed by atoms with Gasteiger partial charge in [0.05, 0.1) is 20.5 Å². The van der Waals surface area contributed by atoms with Gasteiger partial charge in [0.2, 0.25) is 10.0 Å². The van der Waals surface area contributed by atoms with Crippen LogP contribution < -0.4 is 10.0 Å². The zero-order chi connectivity index (χ0) is 23.3. The van der Waals surface area contributed by atoms with Crippen molar-refractivity contribution in [1.82, 2.24) is 4.72 Å². The number of ether oxygens (including phenoxy) is 1. The molecule has 2 aromatic rings. The molecule has 2 atom stereocenters. The van der Waals surface area contributed by atoms with E-state index in [0.717, 1.165) is 11.6 Å². The van der Waals surface area contributed by atoms with E-state index in [1.54, 1.807) is 19.1 Å². The van der Waals surface area contributed by atoms with Gasteiger partial charge in [-0.2, -0.15) is 4.72 Å². The number of aryl methyl sites for hydroxylation is 1. The quantitative estimate of drug-likeness (QED) is 0.343. The van der Waals surface area contributed by atoms with Crippen molar-refractivity contribution in [2.24, 2.45) is 0 Å². The number of benzene rings is 2. The number of hydrogen-bond acceptors (Lipinski definition) is 7. The molecule has 0 unspecified atom stereocenters. The molecule has 10 nitrogen and oxygen atoms in total. The average Bonchev–Trinajstić information content (AvgIpc) is 2.69. The highest BCUT2D eigenvalue weighted by molar-refractivity contribution is 7.89. The number of sulfonamides is 1. The Labute approximate surface area is 183 Å². The first-order valence-electron chi connectivity index (χ1n) is 8.95. The smallest absolute Gasteiger partial charge is 0.324 e. The zero-order valence-corrected chi connectivity index (χ0v) is 18.4. The molecule has 0 heterocycles. The fourth-order valence-electron chi connectivity index (χ4n) is 2.35. The summed E-state index contributed by atoms with van der Waals surface area (Å²) < 4.78 is 31.9. The maximum absolute atomic E-state index is 12.4. The summed E-state index contributed by atoms with van der Waals surface area (Å²) in [6, 6.07) is 8.22. The Morgan fingerprint density at radius 1 is 1.13 bits per heavy atom. The highest BCUT2D eigenvalue weighted by Crippen LogP contribution is 2.26. The number of nitrogens with one attached hydrogen (secondary N) is 2. The molecule has 0 aliphatic rings. The van der Waals surface area contributed by atoms with E-state index in [9.17, 15) is 28.1 Å². The summed E-state index contributed by atoms with van der Waals surface area (Å²) in [4.78, 5) is 34.7. The standard InChI is InChI=1S/C19H20ClN3O7S/c1-11-4-7-15(8-5-11)31(28,29)22-12(2)19(25)30-13(3)18(24)21-17-10-14(23(26)27)6-9-16(17)20/h4-10,12-13,22H,1-3H3,(H,21,24)/t12-,13-/m0/s1. The van der Waals surface area contributed by atoms with Crippen molar-refractivity contribution in [3.05, 3.63) is 63.2 Å². The van der Waals surface area contributed by atoms with E-state index >= 15 is 0 Å². The number of anilines is 1. The second-order valence-corrected chi connectivity index (χ2v) is 8.77. The summed E-state index contributed by atoms with van der Waals surface area (Å²) in [5, 5.41) is 13.3. The van der Waals surface area contributed by atoms with E-state index in [1.165, 1.54) is 38.1 Å². The van der Waals surface area contributed by atoms with E-state index in [4.69, 9.17) is 16.3 Å². The van der Waals surface area contributed by atoms with Gasteiger partial charge >= 0.3 is 5.97 Å². The molecule has 0 fully saturated rings. The number of carbonyl (C=O) groups excluding carboxylic acids is 2. The number of amides is 1. The SMILES string of the molecule is Cc1ccc(S(=O)(=O)N[C@@H](C)C(=O)O[C@@H](C)C(=O)Nc2cc([N+](=O)[O-])ccc2Cl)cc1. The van der Waals surface area contributed by atoms with Crippen molar-refractivity contribution in [2.45, 2.75) is 37.8 Å². The van der Waals surface area contributed by atoms with Gasteiger partial charge in [0.1, 0.15) is 6.04 Å². The first-order chi connectivity index (χ1) is 14.4. The fraction of sp³-hybridized carbons (Fsp3) is 0.263. The van der Waals surface area contributed by atoms with Gasteiger partial charge in [-0.1, -0.05) is 29.3 Å². The predicted octanol–water partition coefficient (Wildman–Crippen LogP) is 2.79. The van der Waals surface area contributed by atoms with Crippen LogP contribution in [0.1, 0.15) is 19.4 Å². The number of esters is 1. The molecular weight excluding hydrogens is 450 g/mol. The van der Waals surface area contributed by atoms with E-state index in [-0.39, 0.29) is 21.3 Å². The minimum atomic E-state index is -3.98. The summed E-state index contributed by atoms with van der Waals surface area (Å²) in [5.41, 5.74) is 0.551. The van der Waals surface area contributed by atoms with Crippen molar-refractivity contribution < 1.29 is 27.7 Å². The Hall–Kier alpha value is -3.02. The molecule has 0 bridgehead atoms. The second kappa shape index (κ2) is 9.86. The summed E-state index contributed by atoms with van der Waals surface area (Å²) >= 11 is 5.92. The predicted molar refractivity (Wildman–Crippen MR) is 113 cm³/mol. The molecule has 166 valence electrons. The van der Waals surface area contributed by atoms with Crippen molar-refractivity contribution in [1.29, 1.82) is 0 Å². The molecule has 12 heteroatoms. The van der Waals surface area contributed by atoms with Crippen LogP contribution in [0.4, 0.5) is 11.4 Å². The molecule has 0 spiro atoms. The fourth-order valence-corrected chi connectivity index (χ4v) is 3.71. The number of hydrogen-bond donors (Lipinski definition) is 2. The highest BCUT2D eigenvalue weighted by atomic mass is 35.5. The van der Waals surface area contributed by atoms with Crippen molar-refractivity contribution in [2.75, 3.05) is 5.32 Å². The lowest BCUT2D eigenvalue weighted by atomic mass is 10.2. The molecule has 0 saturated heterocycles. The third-order valence-electron chi connectivity index (χ3n) is 4.10. The zero-order valence-electron chi connectivity index (χ0n) is 16.8. The molecule has 0 aromatic heterocycles. The Morgan fingerprint density at radius 3 is 2.32 bits per heavy atom. The minimum absolute atomic E-state index is 0.0242. The van der Waals surface area contributed by atoms with Crippen LogP contribution in [0.15, 0.2) is 47.4 Å². The number of non-ortho nitro benzene ring substituents is 1. The van der Waals surface area contributed by atoms with Crippen molar-refractivity contribution in [3.63, 3.8) is 0 Å². The van der Waals surface area contributed by atoms with Crippen LogP contribution in [0.25, 0.3) is 0 Å². The molecule has 2 rings (SSSR count). The maximum atomic E-state index is 12.4. The Balaban J connectivity index is 2.01. The van der Waals surface area contributed by atoms with E-state index in [1.807, 2.05) is 0 Å². The summed E-state index contributed by atoms with van der Waals surface area (Å²) in [7, 11) is -3.98. The van der Waals surface area contributed by atoms with Gasteiger partial charge in [-0.3, -0.25) is 19.7 Å². The summed E-state index contributed by atoms with van der Waals surface area (Å²) in [6.45, 7) is 4.34. The Kier molecular flexibility index (Phi) is 7.71. The molecule has 0 saturated carbocycles. The molecule has 0 radical (unpaired) electrons. The van der Waals surface area contributed by atoms with Gasteiger partial charge in [0.25, 0.3) is 11.6 Å². The van der Waals surface area contributed by atoms with Crippen LogP contribution >= 0.6 is 11.6 Å². The normalized spacial score (nSPS) is 13.2. The van der Waals surface area contributed by atoms with Gasteiger partial charge in [-0.25, -0.2) is 8.42 Å². The lowest BCUT2D eigenvalue weighted by Gasteiger charge is -2.18. The molecular formula is C19H20ClN3O7S. The molecule has 2 aromatic carbocycles. The first-order valence-corrected chi connectivity index (χ1v) is 10.8. The van der Waals surface area contributed by atoms with Crippen molar-refractivity contribution >= 4 is 44.9 Å². The van der Waals surface area contributed by atoms with Crippen LogP contribution in [0.2, 0.25) is 5.02 Å². The summed E-state index contributed by atoms with van der Waals surface area (Å²) in [5.74, 6) is -1.78. The number of halogens is 1. The van der Waals surface area contributed by atoms with Gasteiger partial charge in [0, 0.05) is 12.1 Å². The van der Waals surface area contributed by atoms with Gasteiger partial charge < -0.3 is 10.1 Å². The van der Waals surface area contributed by atoms with E-state index < -0.39 is 39.0 Å². The Bertz CT molecular complexity index is 1100. The van der Waals surface area contributed by atoms with Gasteiger partial charge in [-0.15, -0.1) is 0 Å². The molecule has 0 aliphatic heterocycles. The van der Waals surface area contributed by atoms with E-state index in [2.05, 4.69) is 10.0 Å². The van der Waals surface area contributed by atoms with Crippen LogP contribution in [0.5, 0.6) is 0 Å². The van der Waals surface area contributed by atoms with Crippen LogP contribution in [-0.4, -0.2) is 37.4 Å². The number of rotatable bonds is 8. The highest BCUT2D eigenvalue weighted by Gasteiger charge is 2.27. The van der Waals surface area contributed by atoms with Gasteiger partial charge in [-0.05, 0) is 39.0 Å². The third-order valence-corrected chi connectivity index (χ3v) is 5.98. The van der Waals surface area contributed by atoms with Crippen LogP contribution in [0, 0.1) is 17.0 Å². The topological polar surface area (TPSA) is 145 Å². The lowest BCUT2D eigenvalue weighted by molar-refractivity contribution is -0.384. The molecule has 2 N–H and O–H groups in total. The first kappa shape index (κ1) is 24.3. The van der Waals surface area contributed by atoms with Crippen LogP contribution in [-0.2, 0) is 24.3 Å².